The Morgan fingerprint density at radius 2 is 2.11 bits per heavy atom. The maximum Gasteiger partial charge on any atom is 0.411 e. The first-order chi connectivity index (χ1) is 8.65. The van der Waals surface area contributed by atoms with E-state index in [1.165, 1.54) is 6.42 Å². The van der Waals surface area contributed by atoms with Gasteiger partial charge in [-0.1, -0.05) is 31.5 Å². The Kier molecular flexibility index (Phi) is 4.24. The van der Waals surface area contributed by atoms with Crippen molar-refractivity contribution in [3.8, 4) is 0 Å². The molecule has 2 atom stereocenters. The van der Waals surface area contributed by atoms with Crippen LogP contribution in [0, 0.1) is 12.8 Å². The minimum atomic E-state index is -0.330. The Balaban J connectivity index is 1.87. The number of carbonyl (C=O) groups excluding carboxylic acids is 1. The number of ether oxygens (including phenoxy) is 1. The number of hydrogen-bond donors (Lipinski definition) is 1. The van der Waals surface area contributed by atoms with Crippen LogP contribution >= 0.6 is 0 Å². The van der Waals surface area contributed by atoms with Crippen LogP contribution in [0.5, 0.6) is 0 Å². The molecule has 1 aromatic carbocycles. The molecule has 0 bridgehead atoms. The van der Waals surface area contributed by atoms with Crippen LogP contribution in [0.15, 0.2) is 24.3 Å². The second-order valence-electron chi connectivity index (χ2n) is 5.24. The monoisotopic (exact) mass is 247 g/mol. The molecule has 0 aliphatic heterocycles. The Morgan fingerprint density at radius 3 is 2.83 bits per heavy atom. The molecule has 0 aromatic heterocycles. The largest absolute Gasteiger partial charge is 0.446 e. The van der Waals surface area contributed by atoms with E-state index in [-0.39, 0.29) is 12.2 Å². The summed E-state index contributed by atoms with van der Waals surface area (Å²) in [6.07, 6.45) is 4.14. The second-order valence-corrected chi connectivity index (χ2v) is 5.24. The molecular weight excluding hydrogens is 226 g/mol. The van der Waals surface area contributed by atoms with Crippen molar-refractivity contribution < 1.29 is 9.53 Å². The number of carbonyl (C=O) groups is 1. The van der Waals surface area contributed by atoms with E-state index in [1.54, 1.807) is 0 Å². The first-order valence-electron chi connectivity index (χ1n) is 6.68. The van der Waals surface area contributed by atoms with Crippen molar-refractivity contribution in [3.05, 3.63) is 29.8 Å². The molecule has 1 N–H and O–H groups in total. The van der Waals surface area contributed by atoms with Crippen LogP contribution in [-0.4, -0.2) is 12.2 Å². The molecule has 0 radical (unpaired) electrons. The van der Waals surface area contributed by atoms with E-state index in [0.717, 1.165) is 30.5 Å². The van der Waals surface area contributed by atoms with E-state index in [1.807, 2.05) is 31.2 Å². The van der Waals surface area contributed by atoms with Gasteiger partial charge in [0.25, 0.3) is 0 Å². The fourth-order valence-corrected chi connectivity index (χ4v) is 2.49. The number of nitrogens with one attached hydrogen (secondary N) is 1. The van der Waals surface area contributed by atoms with Gasteiger partial charge in [0.05, 0.1) is 0 Å². The molecule has 1 amide bonds. The third kappa shape index (κ3) is 3.49. The zero-order valence-corrected chi connectivity index (χ0v) is 11.1. The number of benzene rings is 1. The van der Waals surface area contributed by atoms with Gasteiger partial charge in [0.2, 0.25) is 0 Å². The third-order valence-corrected chi connectivity index (χ3v) is 3.54. The summed E-state index contributed by atoms with van der Waals surface area (Å²) < 4.78 is 5.47. The number of rotatable bonds is 2. The summed E-state index contributed by atoms with van der Waals surface area (Å²) in [4.78, 5) is 11.8. The lowest BCUT2D eigenvalue weighted by Gasteiger charge is -2.26. The van der Waals surface area contributed by atoms with Crippen LogP contribution in [-0.2, 0) is 4.74 Å². The maximum atomic E-state index is 11.8. The minimum Gasteiger partial charge on any atom is -0.446 e. The number of para-hydroxylation sites is 1. The van der Waals surface area contributed by atoms with E-state index in [9.17, 15) is 4.79 Å². The normalized spacial score (nSPS) is 23.4. The highest BCUT2D eigenvalue weighted by molar-refractivity contribution is 5.85. The van der Waals surface area contributed by atoms with Gasteiger partial charge in [-0.15, -0.1) is 0 Å². The Morgan fingerprint density at radius 1 is 1.33 bits per heavy atom. The smallest absolute Gasteiger partial charge is 0.411 e. The Labute approximate surface area is 109 Å². The van der Waals surface area contributed by atoms with Crippen LogP contribution < -0.4 is 5.32 Å². The topological polar surface area (TPSA) is 38.3 Å². The van der Waals surface area contributed by atoms with Crippen molar-refractivity contribution in [1.82, 2.24) is 0 Å². The molecule has 1 aromatic rings. The van der Waals surface area contributed by atoms with Crippen molar-refractivity contribution in [3.63, 3.8) is 0 Å². The molecule has 1 saturated carbocycles. The Hall–Kier alpha value is -1.51. The van der Waals surface area contributed by atoms with Crippen molar-refractivity contribution in [2.45, 2.75) is 45.6 Å². The number of hydrogen-bond acceptors (Lipinski definition) is 2. The molecule has 2 rings (SSSR count). The maximum absolute atomic E-state index is 11.8. The molecular formula is C15H21NO2. The first-order valence-corrected chi connectivity index (χ1v) is 6.68. The highest BCUT2D eigenvalue weighted by atomic mass is 16.6. The zero-order chi connectivity index (χ0) is 13.0. The zero-order valence-electron chi connectivity index (χ0n) is 11.1. The van der Waals surface area contributed by atoms with Crippen LogP contribution in [0.2, 0.25) is 0 Å². The van der Waals surface area contributed by atoms with E-state index in [4.69, 9.17) is 4.74 Å². The van der Waals surface area contributed by atoms with Crippen LogP contribution in [0.1, 0.15) is 38.2 Å². The van der Waals surface area contributed by atoms with Gasteiger partial charge in [-0.05, 0) is 43.7 Å². The fraction of sp³-hybridized carbons (Fsp3) is 0.533. The van der Waals surface area contributed by atoms with Gasteiger partial charge >= 0.3 is 6.09 Å². The molecule has 1 aliphatic carbocycles. The molecule has 0 saturated heterocycles. The average Bonchev–Trinajstić information content (AvgIpc) is 2.32. The molecule has 2 unspecified atom stereocenters. The minimum absolute atomic E-state index is 0.0813. The molecule has 1 fully saturated rings. The van der Waals surface area contributed by atoms with Crippen LogP contribution in [0.3, 0.4) is 0 Å². The molecule has 98 valence electrons. The predicted molar refractivity (Wildman–Crippen MR) is 72.7 cm³/mol. The second kappa shape index (κ2) is 5.89. The summed E-state index contributed by atoms with van der Waals surface area (Å²) in [5, 5.41) is 2.81. The number of anilines is 1. The molecule has 1 aliphatic rings. The van der Waals surface area contributed by atoms with Crippen LogP contribution in [0.4, 0.5) is 10.5 Å². The SMILES string of the molecule is Cc1ccccc1NC(=O)OC1CCCC(C)C1. The summed E-state index contributed by atoms with van der Waals surface area (Å²) in [5.74, 6) is 0.662. The van der Waals surface area contributed by atoms with E-state index < -0.39 is 0 Å². The Bertz CT molecular complexity index is 417. The van der Waals surface area contributed by atoms with Gasteiger partial charge in [-0.3, -0.25) is 5.32 Å². The van der Waals surface area contributed by atoms with Crippen molar-refractivity contribution >= 4 is 11.8 Å². The molecule has 0 heterocycles. The van der Waals surface area contributed by atoms with Gasteiger partial charge in [-0.2, -0.15) is 0 Å². The molecule has 3 nitrogen and oxygen atoms in total. The third-order valence-electron chi connectivity index (χ3n) is 3.54. The van der Waals surface area contributed by atoms with E-state index in [0.29, 0.717) is 5.92 Å². The summed E-state index contributed by atoms with van der Waals surface area (Å²) >= 11 is 0. The number of amides is 1. The highest BCUT2D eigenvalue weighted by Gasteiger charge is 2.22. The summed E-state index contributed by atoms with van der Waals surface area (Å²) in [7, 11) is 0. The van der Waals surface area contributed by atoms with E-state index >= 15 is 0 Å². The lowest BCUT2D eigenvalue weighted by atomic mass is 9.89. The lowest BCUT2D eigenvalue weighted by molar-refractivity contribution is 0.0724. The van der Waals surface area contributed by atoms with Crippen molar-refractivity contribution in [2.24, 2.45) is 5.92 Å². The predicted octanol–water partition coefficient (Wildman–Crippen LogP) is 4.12. The lowest BCUT2D eigenvalue weighted by Crippen LogP contribution is -2.27. The van der Waals surface area contributed by atoms with Gasteiger partial charge < -0.3 is 4.74 Å². The standard InChI is InChI=1S/C15H21NO2/c1-11-6-5-8-13(10-11)18-15(17)16-14-9-4-3-7-12(14)2/h3-4,7,9,11,13H,5-6,8,10H2,1-2H3,(H,16,17). The summed E-state index contributed by atoms with van der Waals surface area (Å²) in [5.41, 5.74) is 1.87. The van der Waals surface area contributed by atoms with Crippen molar-refractivity contribution in [1.29, 1.82) is 0 Å². The van der Waals surface area contributed by atoms with Gasteiger partial charge in [0, 0.05) is 5.69 Å². The molecule has 3 heteroatoms. The average molecular weight is 247 g/mol. The van der Waals surface area contributed by atoms with Crippen LogP contribution in [0.25, 0.3) is 0 Å². The summed E-state index contributed by atoms with van der Waals surface area (Å²) in [6.45, 7) is 4.19. The fourth-order valence-electron chi connectivity index (χ4n) is 2.49. The van der Waals surface area contributed by atoms with Gasteiger partial charge in [0.15, 0.2) is 0 Å². The molecule has 18 heavy (non-hydrogen) atoms. The summed E-state index contributed by atoms with van der Waals surface area (Å²) in [6, 6.07) is 7.72. The van der Waals surface area contributed by atoms with Crippen molar-refractivity contribution in [2.75, 3.05) is 5.32 Å². The van der Waals surface area contributed by atoms with Gasteiger partial charge in [-0.25, -0.2) is 4.79 Å². The highest BCUT2D eigenvalue weighted by Crippen LogP contribution is 2.26. The molecule has 0 spiro atoms. The quantitative estimate of drug-likeness (QED) is 0.853. The first kappa shape index (κ1) is 12.9. The van der Waals surface area contributed by atoms with Gasteiger partial charge in [0.1, 0.15) is 6.10 Å². The van der Waals surface area contributed by atoms with E-state index in [2.05, 4.69) is 12.2 Å². The number of aryl methyl sites for hydroxylation is 1.